The van der Waals surface area contributed by atoms with E-state index in [1.54, 1.807) is 0 Å². The number of benzene rings is 2. The second kappa shape index (κ2) is 11.8. The zero-order valence-corrected chi connectivity index (χ0v) is 21.7. The molecular formula is C27H31ClN4O3S. The monoisotopic (exact) mass is 526 g/mol. The van der Waals surface area contributed by atoms with E-state index in [0.29, 0.717) is 35.7 Å². The zero-order chi connectivity index (χ0) is 24.9. The summed E-state index contributed by atoms with van der Waals surface area (Å²) in [7, 11) is 0. The molecule has 7 nitrogen and oxygen atoms in total. The first-order valence-electron chi connectivity index (χ1n) is 12.4. The van der Waals surface area contributed by atoms with E-state index in [9.17, 15) is 9.90 Å². The highest BCUT2D eigenvalue weighted by Crippen LogP contribution is 2.31. The Morgan fingerprint density at radius 3 is 2.58 bits per heavy atom. The van der Waals surface area contributed by atoms with E-state index in [1.165, 1.54) is 17.4 Å². The predicted octanol–water partition coefficient (Wildman–Crippen LogP) is 3.93. The molecule has 2 fully saturated rings. The number of hydrogen-bond donors (Lipinski definition) is 2. The number of aliphatic hydroxyl groups excluding tert-OH is 1. The van der Waals surface area contributed by atoms with E-state index in [0.717, 1.165) is 55.3 Å². The van der Waals surface area contributed by atoms with Crippen LogP contribution in [0.4, 0.5) is 5.69 Å². The van der Waals surface area contributed by atoms with Gasteiger partial charge in [0.1, 0.15) is 0 Å². The maximum atomic E-state index is 12.4. The number of rotatable bonds is 6. The Hall–Kier alpha value is -2.36. The van der Waals surface area contributed by atoms with Gasteiger partial charge in [0.05, 0.1) is 24.2 Å². The van der Waals surface area contributed by atoms with E-state index in [-0.39, 0.29) is 5.91 Å². The first-order valence-corrected chi connectivity index (χ1v) is 13.6. The van der Waals surface area contributed by atoms with Crippen molar-refractivity contribution in [3.8, 4) is 0 Å². The minimum atomic E-state index is -0.566. The molecular weight excluding hydrogens is 496 g/mol. The Morgan fingerprint density at radius 1 is 1.11 bits per heavy atom. The molecule has 3 aliphatic heterocycles. The van der Waals surface area contributed by atoms with Gasteiger partial charge in [-0.05, 0) is 66.1 Å². The van der Waals surface area contributed by atoms with Crippen LogP contribution in [0.1, 0.15) is 30.1 Å². The number of halogens is 1. The fourth-order valence-electron chi connectivity index (χ4n) is 4.67. The lowest BCUT2D eigenvalue weighted by Gasteiger charge is -2.34. The summed E-state index contributed by atoms with van der Waals surface area (Å²) in [5, 5.41) is 15.4. The summed E-state index contributed by atoms with van der Waals surface area (Å²) < 4.78 is 5.39. The molecule has 3 heterocycles. The maximum absolute atomic E-state index is 12.4. The van der Waals surface area contributed by atoms with Crippen LogP contribution in [0, 0.1) is 0 Å². The van der Waals surface area contributed by atoms with Crippen molar-refractivity contribution in [2.24, 2.45) is 4.99 Å². The Labute approximate surface area is 221 Å². The van der Waals surface area contributed by atoms with Gasteiger partial charge in [0, 0.05) is 49.5 Å². The number of nitrogens with one attached hydrogen (secondary N) is 1. The Bertz CT molecular complexity index is 1130. The number of carbonyl (C=O) groups excluding carboxylic acids is 1. The van der Waals surface area contributed by atoms with E-state index in [2.05, 4.69) is 44.4 Å². The topological polar surface area (TPSA) is 77.4 Å². The lowest BCUT2D eigenvalue weighted by molar-refractivity contribution is -0.113. The van der Waals surface area contributed by atoms with Gasteiger partial charge in [-0.25, -0.2) is 0 Å². The van der Waals surface area contributed by atoms with Crippen molar-refractivity contribution in [1.82, 2.24) is 10.2 Å². The quantitative estimate of drug-likeness (QED) is 0.552. The van der Waals surface area contributed by atoms with Gasteiger partial charge >= 0.3 is 0 Å². The third kappa shape index (κ3) is 6.30. The number of ether oxygens (including phenoxy) is 1. The molecule has 0 spiro atoms. The summed E-state index contributed by atoms with van der Waals surface area (Å²) in [6.07, 6.45) is 3.39. The van der Waals surface area contributed by atoms with Crippen LogP contribution in [0.5, 0.6) is 0 Å². The lowest BCUT2D eigenvalue weighted by Crippen LogP contribution is -2.43. The van der Waals surface area contributed by atoms with Gasteiger partial charge in [-0.15, -0.1) is 0 Å². The maximum Gasteiger partial charge on any atom is 0.286 e. The van der Waals surface area contributed by atoms with Crippen molar-refractivity contribution in [3.63, 3.8) is 0 Å². The second-order valence-electron chi connectivity index (χ2n) is 9.24. The van der Waals surface area contributed by atoms with Crippen LogP contribution in [-0.4, -0.2) is 73.1 Å². The number of morpholine rings is 1. The summed E-state index contributed by atoms with van der Waals surface area (Å²) >= 11 is 7.49. The second-order valence-corrected chi connectivity index (χ2v) is 10.7. The molecule has 5 rings (SSSR count). The van der Waals surface area contributed by atoms with Gasteiger partial charge in [0.15, 0.2) is 5.17 Å². The van der Waals surface area contributed by atoms with Crippen LogP contribution in [0.3, 0.4) is 0 Å². The molecule has 2 aromatic rings. The third-order valence-corrected chi connectivity index (χ3v) is 8.05. The van der Waals surface area contributed by atoms with Crippen LogP contribution in [0.2, 0.25) is 5.02 Å². The van der Waals surface area contributed by atoms with E-state index in [1.807, 2.05) is 30.3 Å². The van der Waals surface area contributed by atoms with Gasteiger partial charge in [0.2, 0.25) is 0 Å². The summed E-state index contributed by atoms with van der Waals surface area (Å²) in [4.78, 5) is 21.8. The minimum Gasteiger partial charge on any atom is -0.387 e. The van der Waals surface area contributed by atoms with Crippen molar-refractivity contribution >= 4 is 46.2 Å². The number of piperidine rings is 1. The lowest BCUT2D eigenvalue weighted by atomic mass is 10.0. The van der Waals surface area contributed by atoms with Crippen molar-refractivity contribution in [1.29, 1.82) is 0 Å². The molecule has 0 unspecified atom stereocenters. The zero-order valence-electron chi connectivity index (χ0n) is 20.1. The van der Waals surface area contributed by atoms with Crippen LogP contribution < -0.4 is 10.2 Å². The highest BCUT2D eigenvalue weighted by Gasteiger charge is 2.27. The SMILES string of the molecule is O=C1N=C(N2CCOCC2)S/C1=C/c1ccc(N2CCC(NC[C@H](O)c3cccc(Cl)c3)CC2)cc1. The average Bonchev–Trinajstić information content (AvgIpc) is 3.28. The van der Waals surface area contributed by atoms with Gasteiger partial charge < -0.3 is 25.0 Å². The van der Waals surface area contributed by atoms with Crippen molar-refractivity contribution in [2.75, 3.05) is 50.8 Å². The average molecular weight is 527 g/mol. The number of hydrogen-bond acceptors (Lipinski definition) is 7. The molecule has 9 heteroatoms. The molecule has 36 heavy (non-hydrogen) atoms. The number of nitrogens with zero attached hydrogens (tertiary/aromatic N) is 3. The number of amidine groups is 1. The van der Waals surface area contributed by atoms with Gasteiger partial charge in [0.25, 0.3) is 5.91 Å². The highest BCUT2D eigenvalue weighted by atomic mass is 35.5. The molecule has 0 bridgehead atoms. The summed E-state index contributed by atoms with van der Waals surface area (Å²) in [6.45, 7) is 5.32. The third-order valence-electron chi connectivity index (χ3n) is 6.78. The number of aliphatic hydroxyl groups is 1. The summed E-state index contributed by atoms with van der Waals surface area (Å²) in [5.74, 6) is -0.166. The van der Waals surface area contributed by atoms with Crippen molar-refractivity contribution in [3.05, 3.63) is 69.6 Å². The molecule has 1 amide bonds. The smallest absolute Gasteiger partial charge is 0.286 e. The molecule has 190 valence electrons. The molecule has 2 saturated heterocycles. The van der Waals surface area contributed by atoms with E-state index < -0.39 is 6.10 Å². The Balaban J connectivity index is 1.10. The van der Waals surface area contributed by atoms with Gasteiger partial charge in [-0.2, -0.15) is 4.99 Å². The van der Waals surface area contributed by atoms with Crippen LogP contribution in [-0.2, 0) is 9.53 Å². The molecule has 0 aliphatic carbocycles. The van der Waals surface area contributed by atoms with Crippen LogP contribution in [0.15, 0.2) is 58.4 Å². The number of aliphatic imine (C=N–C) groups is 1. The molecule has 2 N–H and O–H groups in total. The standard InChI is InChI=1S/C27H31ClN4O3S/c28-21-3-1-2-20(17-21)24(33)18-29-22-8-10-31(11-9-22)23-6-4-19(5-7-23)16-25-26(34)30-27(36-25)32-12-14-35-15-13-32/h1-7,16-17,22,24,29,33H,8-15,18H2/b25-16+/t24-/m0/s1. The Morgan fingerprint density at radius 2 is 1.86 bits per heavy atom. The summed E-state index contributed by atoms with van der Waals surface area (Å²) in [6, 6.07) is 16.1. The Kier molecular flexibility index (Phi) is 8.29. The van der Waals surface area contributed by atoms with Gasteiger partial charge in [-0.3, -0.25) is 4.79 Å². The molecule has 1 atom stereocenters. The van der Waals surface area contributed by atoms with Crippen molar-refractivity contribution < 1.29 is 14.6 Å². The predicted molar refractivity (Wildman–Crippen MR) is 146 cm³/mol. The van der Waals surface area contributed by atoms with Crippen molar-refractivity contribution in [2.45, 2.75) is 25.0 Å². The fourth-order valence-corrected chi connectivity index (χ4v) is 5.84. The first-order chi connectivity index (χ1) is 17.5. The van der Waals surface area contributed by atoms with Crippen LogP contribution >= 0.6 is 23.4 Å². The minimum absolute atomic E-state index is 0.166. The largest absolute Gasteiger partial charge is 0.387 e. The first kappa shape index (κ1) is 25.3. The van der Waals surface area contributed by atoms with E-state index in [4.69, 9.17) is 16.3 Å². The fraction of sp³-hybridized carbons (Fsp3) is 0.407. The summed E-state index contributed by atoms with van der Waals surface area (Å²) in [5.41, 5.74) is 3.02. The molecule has 0 radical (unpaired) electrons. The highest BCUT2D eigenvalue weighted by molar-refractivity contribution is 8.18. The normalized spacial score (nSPS) is 21.2. The van der Waals surface area contributed by atoms with Gasteiger partial charge in [-0.1, -0.05) is 35.9 Å². The number of thioether (sulfide) groups is 1. The number of anilines is 1. The number of amides is 1. The molecule has 3 aliphatic rings. The molecule has 2 aromatic carbocycles. The molecule has 0 aromatic heterocycles. The molecule has 0 saturated carbocycles. The van der Waals surface area contributed by atoms with E-state index >= 15 is 0 Å². The number of carbonyl (C=O) groups is 1. The van der Waals surface area contributed by atoms with Crippen LogP contribution in [0.25, 0.3) is 6.08 Å².